The van der Waals surface area contributed by atoms with Crippen LogP contribution in [0.15, 0.2) is 49.1 Å². The Hall–Kier alpha value is -3.13. The zero-order valence-electron chi connectivity index (χ0n) is 17.9. The molecule has 0 saturated carbocycles. The minimum absolute atomic E-state index is 0.187. The van der Waals surface area contributed by atoms with Crippen molar-refractivity contribution in [2.45, 2.75) is 30.7 Å². The van der Waals surface area contributed by atoms with Crippen LogP contribution in [-0.4, -0.2) is 60.6 Å². The Balaban J connectivity index is 1.63. The van der Waals surface area contributed by atoms with Gasteiger partial charge in [-0.3, -0.25) is 14.4 Å². The molecule has 4 rings (SSSR count). The molecule has 1 aromatic rings. The maximum Gasteiger partial charge on any atom is 0.246 e. The van der Waals surface area contributed by atoms with Crippen LogP contribution < -0.4 is 15.4 Å². The van der Waals surface area contributed by atoms with Crippen molar-refractivity contribution in [2.24, 2.45) is 11.8 Å². The molecule has 164 valence electrons. The highest BCUT2D eigenvalue weighted by Crippen LogP contribution is 2.59. The van der Waals surface area contributed by atoms with Gasteiger partial charge in [-0.05, 0) is 24.6 Å². The number of methoxy groups -OCH3 is 1. The van der Waals surface area contributed by atoms with Gasteiger partial charge in [-0.25, -0.2) is 0 Å². The van der Waals surface area contributed by atoms with Gasteiger partial charge in [0.2, 0.25) is 17.7 Å². The Morgan fingerprint density at radius 1 is 1.26 bits per heavy atom. The molecule has 3 heterocycles. The molecule has 1 aromatic carbocycles. The number of nitrogens with one attached hydrogen (secondary N) is 2. The minimum Gasteiger partial charge on any atom is -0.497 e. The Kier molecular flexibility index (Phi) is 5.13. The van der Waals surface area contributed by atoms with Gasteiger partial charge in [0.1, 0.15) is 17.4 Å². The van der Waals surface area contributed by atoms with Crippen molar-refractivity contribution in [3.8, 4) is 5.75 Å². The first kappa shape index (κ1) is 21.1. The van der Waals surface area contributed by atoms with E-state index in [4.69, 9.17) is 9.47 Å². The van der Waals surface area contributed by atoms with Crippen LogP contribution in [0.2, 0.25) is 0 Å². The molecular weight excluding hydrogens is 398 g/mol. The lowest BCUT2D eigenvalue weighted by atomic mass is 9.70. The third-order valence-corrected chi connectivity index (χ3v) is 6.53. The smallest absolute Gasteiger partial charge is 0.246 e. The average Bonchev–Trinajstić information content (AvgIpc) is 3.33. The molecule has 1 spiro atoms. The summed E-state index contributed by atoms with van der Waals surface area (Å²) in [5, 5.41) is 5.56. The molecule has 2 bridgehead atoms. The van der Waals surface area contributed by atoms with Crippen molar-refractivity contribution in [1.29, 1.82) is 0 Å². The number of carbonyl (C=O) groups excluding carboxylic acids is 3. The zero-order chi connectivity index (χ0) is 22.4. The summed E-state index contributed by atoms with van der Waals surface area (Å²) in [6.07, 6.45) is 5.17. The molecule has 0 unspecified atom stereocenters. The van der Waals surface area contributed by atoms with Crippen LogP contribution >= 0.6 is 0 Å². The normalized spacial score (nSPS) is 32.7. The second-order valence-electron chi connectivity index (χ2n) is 8.29. The topological polar surface area (TPSA) is 97.0 Å². The number of rotatable bonds is 7. The van der Waals surface area contributed by atoms with Gasteiger partial charge in [-0.15, -0.1) is 6.58 Å². The fourth-order valence-corrected chi connectivity index (χ4v) is 5.15. The van der Waals surface area contributed by atoms with Crippen LogP contribution in [0.1, 0.15) is 12.5 Å². The van der Waals surface area contributed by atoms with Gasteiger partial charge >= 0.3 is 0 Å². The van der Waals surface area contributed by atoms with Crippen LogP contribution in [0.3, 0.4) is 0 Å². The molecule has 0 aliphatic carbocycles. The molecule has 0 aromatic heterocycles. The van der Waals surface area contributed by atoms with E-state index in [2.05, 4.69) is 17.2 Å². The number of amides is 3. The second kappa shape index (κ2) is 7.53. The van der Waals surface area contributed by atoms with Crippen LogP contribution in [0, 0.1) is 11.8 Å². The first-order valence-corrected chi connectivity index (χ1v) is 10.3. The van der Waals surface area contributed by atoms with Crippen molar-refractivity contribution in [3.05, 3.63) is 54.6 Å². The Morgan fingerprint density at radius 2 is 1.97 bits per heavy atom. The number of fused-ring (bicyclic) bond motifs is 1. The minimum atomic E-state index is -1.18. The van der Waals surface area contributed by atoms with E-state index in [9.17, 15) is 14.4 Å². The lowest BCUT2D eigenvalue weighted by molar-refractivity contribution is -0.144. The first-order chi connectivity index (χ1) is 14.8. The molecule has 8 heteroatoms. The fourth-order valence-electron chi connectivity index (χ4n) is 5.15. The van der Waals surface area contributed by atoms with Gasteiger partial charge < -0.3 is 25.0 Å². The summed E-state index contributed by atoms with van der Waals surface area (Å²) in [5.41, 5.74) is -1.23. The molecule has 0 radical (unpaired) electrons. The van der Waals surface area contributed by atoms with Crippen molar-refractivity contribution in [2.75, 3.05) is 20.7 Å². The molecule has 8 nitrogen and oxygen atoms in total. The van der Waals surface area contributed by atoms with E-state index in [0.29, 0.717) is 0 Å². The summed E-state index contributed by atoms with van der Waals surface area (Å²) in [4.78, 5) is 40.9. The van der Waals surface area contributed by atoms with Crippen LogP contribution in [0.4, 0.5) is 0 Å². The van der Waals surface area contributed by atoms with E-state index < -0.39 is 29.1 Å². The quantitative estimate of drug-likeness (QED) is 0.630. The molecular formula is C23H27N3O5. The van der Waals surface area contributed by atoms with Crippen molar-refractivity contribution in [1.82, 2.24) is 15.5 Å². The molecule has 2 fully saturated rings. The Bertz CT molecular complexity index is 958. The van der Waals surface area contributed by atoms with Gasteiger partial charge in [0.25, 0.3) is 0 Å². The molecule has 3 amide bonds. The van der Waals surface area contributed by atoms with Crippen molar-refractivity contribution >= 4 is 17.7 Å². The molecule has 5 atom stereocenters. The molecule has 2 saturated heterocycles. The highest BCUT2D eigenvalue weighted by atomic mass is 16.5. The van der Waals surface area contributed by atoms with E-state index in [1.165, 1.54) is 11.9 Å². The number of benzene rings is 1. The van der Waals surface area contributed by atoms with E-state index in [-0.39, 0.29) is 30.8 Å². The predicted octanol–water partition coefficient (Wildman–Crippen LogP) is 0.784. The van der Waals surface area contributed by atoms with Gasteiger partial charge in [-0.1, -0.05) is 30.4 Å². The van der Waals surface area contributed by atoms with E-state index in [0.717, 1.165) is 11.3 Å². The molecule has 2 N–H and O–H groups in total. The highest BCUT2D eigenvalue weighted by Gasteiger charge is 2.75. The van der Waals surface area contributed by atoms with Crippen molar-refractivity contribution in [3.63, 3.8) is 0 Å². The van der Waals surface area contributed by atoms with Crippen LogP contribution in [0.5, 0.6) is 5.75 Å². The lowest BCUT2D eigenvalue weighted by Crippen LogP contribution is -2.54. The fraction of sp³-hybridized carbons (Fsp3) is 0.435. The Morgan fingerprint density at radius 3 is 2.58 bits per heavy atom. The third kappa shape index (κ3) is 3.05. The number of hydrogen-bond acceptors (Lipinski definition) is 5. The van der Waals surface area contributed by atoms with Gasteiger partial charge in [0.05, 0.1) is 24.5 Å². The number of nitrogens with zero attached hydrogens (tertiary/aromatic N) is 1. The Labute approximate surface area is 181 Å². The highest BCUT2D eigenvalue weighted by molar-refractivity contribution is 6.00. The maximum absolute atomic E-state index is 13.4. The summed E-state index contributed by atoms with van der Waals surface area (Å²) in [7, 11) is 3.13. The van der Waals surface area contributed by atoms with Gasteiger partial charge in [-0.2, -0.15) is 0 Å². The van der Waals surface area contributed by atoms with Gasteiger partial charge in [0, 0.05) is 20.1 Å². The summed E-state index contributed by atoms with van der Waals surface area (Å²) in [5.74, 6) is -1.62. The molecule has 31 heavy (non-hydrogen) atoms. The summed E-state index contributed by atoms with van der Waals surface area (Å²) in [6.45, 7) is 5.98. The van der Waals surface area contributed by atoms with Crippen LogP contribution in [0.25, 0.3) is 0 Å². The summed E-state index contributed by atoms with van der Waals surface area (Å²) in [6, 6.07) is 6.47. The summed E-state index contributed by atoms with van der Waals surface area (Å²) < 4.78 is 11.5. The first-order valence-electron chi connectivity index (χ1n) is 10.3. The van der Waals surface area contributed by atoms with E-state index in [1.54, 1.807) is 32.3 Å². The predicted molar refractivity (Wildman–Crippen MR) is 113 cm³/mol. The molecule has 3 aliphatic heterocycles. The maximum atomic E-state index is 13.4. The molecule has 3 aliphatic rings. The summed E-state index contributed by atoms with van der Waals surface area (Å²) >= 11 is 0. The average molecular weight is 425 g/mol. The number of hydrogen-bond donors (Lipinski definition) is 2. The second-order valence-corrected chi connectivity index (χ2v) is 8.29. The van der Waals surface area contributed by atoms with E-state index in [1.807, 2.05) is 24.3 Å². The van der Waals surface area contributed by atoms with Gasteiger partial charge in [0.15, 0.2) is 0 Å². The number of ether oxygens (including phenoxy) is 2. The zero-order valence-corrected chi connectivity index (χ0v) is 17.9. The number of carbonyl (C=O) groups is 3. The lowest BCUT2D eigenvalue weighted by Gasteiger charge is -2.32. The monoisotopic (exact) mass is 425 g/mol. The SMILES string of the molecule is C=CCN1C(=O)[C@@H]2[C@H](C(=O)NC)[C@]3(C)C=C[C@]2(O3)[C@H]1C(=O)NCc1ccc(OC)cc1. The van der Waals surface area contributed by atoms with Crippen molar-refractivity contribution < 1.29 is 23.9 Å². The largest absolute Gasteiger partial charge is 0.497 e. The van der Waals surface area contributed by atoms with E-state index >= 15 is 0 Å². The van der Waals surface area contributed by atoms with Crippen LogP contribution in [-0.2, 0) is 25.7 Å². The standard InChI is InChI=1S/C23H27N3O5/c1-5-12-26-18(20(28)25-13-14-6-8-15(30-4)9-7-14)23-11-10-22(2,31-23)16(19(27)24-3)17(23)21(26)29/h5-11,16-18H,1,12-13H2,2-4H3,(H,24,27)(H,25,28)/t16-,17+,18-,22+,23-/m1/s1. The third-order valence-electron chi connectivity index (χ3n) is 6.53. The number of likely N-dealkylation sites (tertiary alicyclic amines) is 1.